The molecule has 0 aliphatic carbocycles. The van der Waals surface area contributed by atoms with E-state index in [9.17, 15) is 43.2 Å². The van der Waals surface area contributed by atoms with Gasteiger partial charge in [-0.3, -0.25) is 0 Å². The van der Waals surface area contributed by atoms with Crippen molar-refractivity contribution in [3.8, 4) is 0 Å². The predicted octanol–water partition coefficient (Wildman–Crippen LogP) is -2.47. The minimum absolute atomic E-state index is 1.34. The zero-order chi connectivity index (χ0) is 15.7. The van der Waals surface area contributed by atoms with Crippen molar-refractivity contribution < 1.29 is 50.6 Å². The van der Waals surface area contributed by atoms with Gasteiger partial charge in [-0.15, -0.1) is 0 Å². The van der Waals surface area contributed by atoms with Gasteiger partial charge in [-0.2, -0.15) is 0 Å². The Morgan fingerprint density at radius 3 is 0.421 bits per heavy atom. The summed E-state index contributed by atoms with van der Waals surface area (Å²) in [6.45, 7) is 0. The van der Waals surface area contributed by atoms with E-state index < -0.39 is 54.4 Å². The van der Waals surface area contributed by atoms with E-state index in [2.05, 4.69) is 0 Å². The molecule has 9 nitrogen and oxygen atoms in total. The third-order valence-electron chi connectivity index (χ3n) is 3.27. The molecule has 0 spiro atoms. The van der Waals surface area contributed by atoms with Crippen LogP contribution in [0.1, 0.15) is 0 Å². The molecular formula is C9H9CoO9. The normalized spacial score (nSPS) is 21.8. The van der Waals surface area contributed by atoms with Gasteiger partial charge in [-0.1, -0.05) is 0 Å². The van der Waals surface area contributed by atoms with Gasteiger partial charge >= 0.3 is 97.5 Å². The Morgan fingerprint density at radius 2 is 0.421 bits per heavy atom. The molecular weight excluding hydrogens is 311 g/mol. The molecule has 0 N–H and O–H groups in total. The molecule has 0 aromatic heterocycles. The maximum absolute atomic E-state index is 11.5. The fraction of sp³-hybridized carbons (Fsp3) is 0. The molecule has 0 bridgehead atoms. The van der Waals surface area contributed by atoms with Crippen LogP contribution in [0.3, 0.4) is 0 Å². The van der Waals surface area contributed by atoms with E-state index in [1.165, 1.54) is 0 Å². The zero-order valence-corrected chi connectivity index (χ0v) is 10.2. The fourth-order valence-electron chi connectivity index (χ4n) is 0.667. The predicted molar refractivity (Wildman–Crippen MR) is 60.8 cm³/mol. The average Bonchev–Trinajstić information content (AvgIpc) is 2.57. The van der Waals surface area contributed by atoms with Crippen LogP contribution in [0.25, 0.3) is 0 Å². The van der Waals surface area contributed by atoms with Crippen molar-refractivity contribution >= 4 is 47.0 Å². The SMILES string of the molecule is O=[CH][Co]([CH]=O)([CH]=O)([CH]=O)([CH]=O)([CH]=O)([CH]=O)([CH]=O)[CH]=O. The first-order valence-electron chi connectivity index (χ1n) is 3.85. The molecule has 0 aliphatic heterocycles. The first kappa shape index (κ1) is 16.5. The molecule has 0 amide bonds. The third kappa shape index (κ3) is 0.589. The fourth-order valence-corrected chi connectivity index (χ4v) is 2.75. The number of carbonyl (C=O) groups is 9. The maximum atomic E-state index is 11.5. The van der Waals surface area contributed by atoms with E-state index in [4.69, 9.17) is 0 Å². The molecule has 0 heterocycles. The molecule has 0 atom stereocenters. The summed E-state index contributed by atoms with van der Waals surface area (Å²) in [4.78, 5) is 103. The van der Waals surface area contributed by atoms with Crippen molar-refractivity contribution in [2.75, 3.05) is 0 Å². The van der Waals surface area contributed by atoms with E-state index in [1.807, 2.05) is 0 Å². The van der Waals surface area contributed by atoms with E-state index in [-0.39, 0.29) is 0 Å². The summed E-state index contributed by atoms with van der Waals surface area (Å²) in [5.41, 5.74) is 0. The van der Waals surface area contributed by atoms with Gasteiger partial charge in [0.15, 0.2) is 0 Å². The van der Waals surface area contributed by atoms with E-state index >= 15 is 0 Å². The number of hydrogen-bond acceptors (Lipinski definition) is 9. The number of rotatable bonds is 9. The van der Waals surface area contributed by atoms with Crippen LogP contribution in [-0.4, -0.2) is 47.0 Å². The summed E-state index contributed by atoms with van der Waals surface area (Å²) >= 11 is 0. The van der Waals surface area contributed by atoms with Gasteiger partial charge in [-0.25, -0.2) is 0 Å². The van der Waals surface area contributed by atoms with E-state index in [1.54, 1.807) is 0 Å². The Hall–Kier alpha value is -2.46. The van der Waals surface area contributed by atoms with Crippen LogP contribution in [0.4, 0.5) is 0 Å². The second-order valence-corrected chi connectivity index (χ2v) is 19.4. The number of hydrogen-bond donors (Lipinski definition) is 0. The molecule has 0 aromatic carbocycles. The van der Waals surface area contributed by atoms with Crippen LogP contribution < -0.4 is 0 Å². The molecule has 10 heteroatoms. The van der Waals surface area contributed by atoms with Crippen LogP contribution in [0.2, 0.25) is 0 Å². The molecule has 0 radical (unpaired) electrons. The minimum atomic E-state index is -9.97. The summed E-state index contributed by atoms with van der Waals surface area (Å²) in [6.07, 6.45) is 0. The Bertz CT molecular complexity index is 487. The molecule has 0 aromatic rings. The summed E-state index contributed by atoms with van der Waals surface area (Å²) < 4.78 is 0. The van der Waals surface area contributed by atoms with Gasteiger partial charge in [0, 0.05) is 0 Å². The molecule has 108 valence electrons. The second-order valence-electron chi connectivity index (χ2n) is 4.71. The molecule has 0 rings (SSSR count). The standard InChI is InChI=1S/9CHO.Co/c9*1-2;/h9*1H;. The summed E-state index contributed by atoms with van der Waals surface area (Å²) in [5.74, 6) is 0. The monoisotopic (exact) mass is 320 g/mol. The van der Waals surface area contributed by atoms with Crippen LogP contribution in [0, 0.1) is 0 Å². The van der Waals surface area contributed by atoms with E-state index in [0.717, 1.165) is 0 Å². The Balaban J connectivity index is 9.48. The first-order valence-corrected chi connectivity index (χ1v) is 9.26. The molecule has 0 saturated carbocycles. The second kappa shape index (κ2) is 1.81. The van der Waals surface area contributed by atoms with Crippen molar-refractivity contribution in [3.63, 3.8) is 0 Å². The quantitative estimate of drug-likeness (QED) is 0.420. The van der Waals surface area contributed by atoms with Gasteiger partial charge in [-0.05, 0) is 0 Å². The molecule has 0 fully saturated rings. The Labute approximate surface area is 98.0 Å². The van der Waals surface area contributed by atoms with Gasteiger partial charge in [0.1, 0.15) is 0 Å². The molecule has 0 saturated heterocycles. The molecule has 19 heavy (non-hydrogen) atoms. The van der Waals surface area contributed by atoms with Crippen molar-refractivity contribution in [1.29, 1.82) is 0 Å². The van der Waals surface area contributed by atoms with Crippen molar-refractivity contribution in [2.24, 2.45) is 0 Å². The van der Waals surface area contributed by atoms with Crippen molar-refractivity contribution in [2.45, 2.75) is 0 Å². The molecule has 0 aliphatic rings. The van der Waals surface area contributed by atoms with Gasteiger partial charge < -0.3 is 0 Å². The Kier molecular flexibility index (Phi) is 1.58. The van der Waals surface area contributed by atoms with Crippen LogP contribution in [0.15, 0.2) is 0 Å². The summed E-state index contributed by atoms with van der Waals surface area (Å²) in [6, 6.07) is 0. The number of carbonyl (C=O) groups excluding carboxylic acids is 9. The van der Waals surface area contributed by atoms with E-state index in [0.29, 0.717) is 0 Å². The summed E-state index contributed by atoms with van der Waals surface area (Å²) in [7, 11) is -9.97. The van der Waals surface area contributed by atoms with Crippen LogP contribution in [-0.2, 0) is 50.6 Å². The van der Waals surface area contributed by atoms with Crippen LogP contribution >= 0.6 is 0 Å². The van der Waals surface area contributed by atoms with Crippen molar-refractivity contribution in [1.82, 2.24) is 0 Å². The first-order chi connectivity index (χ1) is 8.49. The van der Waals surface area contributed by atoms with Gasteiger partial charge in [0.05, 0.1) is 0 Å². The third-order valence-corrected chi connectivity index (χ3v) is 13.5. The topological polar surface area (TPSA) is 154 Å². The molecule has 0 unspecified atom stereocenters. The van der Waals surface area contributed by atoms with Gasteiger partial charge in [0.25, 0.3) is 0 Å². The van der Waals surface area contributed by atoms with Gasteiger partial charge in [0.2, 0.25) is 0 Å². The summed E-state index contributed by atoms with van der Waals surface area (Å²) in [5, 5.41) is -12.1. The van der Waals surface area contributed by atoms with Crippen LogP contribution in [0.5, 0.6) is 0 Å². The average molecular weight is 320 g/mol. The zero-order valence-electron chi connectivity index (χ0n) is 9.20. The Morgan fingerprint density at radius 1 is 0.316 bits per heavy atom. The van der Waals surface area contributed by atoms with Crippen molar-refractivity contribution in [3.05, 3.63) is 0 Å².